The quantitative estimate of drug-likeness (QED) is 0.666. The molecule has 0 amide bonds. The van der Waals surface area contributed by atoms with Crippen LogP contribution in [0.25, 0.3) is 0 Å². The third-order valence-electron chi connectivity index (χ3n) is 1.55. The SMILES string of the molecule is CCC1=[C]([Fe][CH3])CC=C1.[C]=O.[C]=O. The van der Waals surface area contributed by atoms with E-state index in [4.69, 9.17) is 9.59 Å². The van der Waals surface area contributed by atoms with Gasteiger partial charge in [0.2, 0.25) is 0 Å². The Morgan fingerprint density at radius 1 is 1.38 bits per heavy atom. The summed E-state index contributed by atoms with van der Waals surface area (Å²) in [5.74, 6) is 2.23. The second-order valence-corrected chi connectivity index (χ2v) is 3.27. The third-order valence-corrected chi connectivity index (χ3v) is 2.79. The fourth-order valence-corrected chi connectivity index (χ4v) is 2.01. The normalized spacial score (nSPS) is 13.1. The van der Waals surface area contributed by atoms with E-state index in [1.807, 2.05) is 0 Å². The van der Waals surface area contributed by atoms with Crippen LogP contribution in [0.5, 0.6) is 0 Å². The van der Waals surface area contributed by atoms with Crippen LogP contribution in [0.4, 0.5) is 0 Å². The predicted molar refractivity (Wildman–Crippen MR) is 48.3 cm³/mol. The van der Waals surface area contributed by atoms with E-state index < -0.39 is 0 Å². The van der Waals surface area contributed by atoms with Gasteiger partial charge in [0.1, 0.15) is 0 Å². The Bertz CT molecular complexity index is 183. The maximum absolute atomic E-state index is 7.50. The van der Waals surface area contributed by atoms with Crippen LogP contribution < -0.4 is 0 Å². The molecule has 1 rings (SSSR count). The molecule has 2 nitrogen and oxygen atoms in total. The largest absolute Gasteiger partial charge is 0.281 e. The van der Waals surface area contributed by atoms with Crippen molar-refractivity contribution in [3.63, 3.8) is 0 Å². The van der Waals surface area contributed by atoms with Gasteiger partial charge in [0.25, 0.3) is 13.6 Å². The third kappa shape index (κ3) is 5.56. The second kappa shape index (κ2) is 11.3. The summed E-state index contributed by atoms with van der Waals surface area (Å²) in [6, 6.07) is 0. The van der Waals surface area contributed by atoms with Crippen molar-refractivity contribution in [1.29, 1.82) is 0 Å². The molecule has 1 aliphatic rings. The van der Waals surface area contributed by atoms with Crippen molar-refractivity contribution < 1.29 is 24.5 Å². The zero-order valence-electron chi connectivity index (χ0n) is 7.74. The molecule has 3 heteroatoms. The number of rotatable bonds is 2. The average Bonchev–Trinajstić information content (AvgIpc) is 2.70. The van der Waals surface area contributed by atoms with Gasteiger partial charge >= 0.3 is 62.7 Å². The van der Waals surface area contributed by atoms with E-state index in [0.717, 1.165) is 0 Å². The van der Waals surface area contributed by atoms with Crippen LogP contribution in [0.3, 0.4) is 0 Å². The summed E-state index contributed by atoms with van der Waals surface area (Å²) in [4.78, 5) is 15.0. The molecule has 0 saturated carbocycles. The van der Waals surface area contributed by atoms with Crippen LogP contribution >= 0.6 is 0 Å². The van der Waals surface area contributed by atoms with E-state index in [9.17, 15) is 0 Å². The molecule has 0 bridgehead atoms. The van der Waals surface area contributed by atoms with Gasteiger partial charge in [-0.25, -0.2) is 0 Å². The van der Waals surface area contributed by atoms with Gasteiger partial charge < -0.3 is 0 Å². The Morgan fingerprint density at radius 3 is 2.23 bits per heavy atom. The van der Waals surface area contributed by atoms with E-state index in [-0.39, 0.29) is 0 Å². The number of allylic oxidation sites excluding steroid dienone is 4. The maximum atomic E-state index is 7.50. The van der Waals surface area contributed by atoms with Crippen molar-refractivity contribution in [3.05, 3.63) is 22.2 Å². The Labute approximate surface area is 86.3 Å². The summed E-state index contributed by atoms with van der Waals surface area (Å²) in [6.45, 7) is 11.2. The fourth-order valence-electron chi connectivity index (χ4n) is 1.01. The molecule has 1 aliphatic carbocycles. The molecular weight excluding hydrogens is 208 g/mol. The maximum Gasteiger partial charge on any atom is 0.281 e. The van der Waals surface area contributed by atoms with Crippen LogP contribution in [0, 0.1) is 0 Å². The van der Waals surface area contributed by atoms with Crippen LogP contribution in [0.15, 0.2) is 22.2 Å². The van der Waals surface area contributed by atoms with Crippen molar-refractivity contribution in [2.45, 2.75) is 25.6 Å². The van der Waals surface area contributed by atoms with E-state index in [1.54, 1.807) is 10.0 Å². The Kier molecular flexibility index (Phi) is 12.9. The van der Waals surface area contributed by atoms with Crippen LogP contribution in [-0.4, -0.2) is 13.6 Å². The summed E-state index contributed by atoms with van der Waals surface area (Å²) in [7, 11) is 0. The number of carbonyl (C=O) groups excluding carboxylic acids is 2. The molecule has 13 heavy (non-hydrogen) atoms. The van der Waals surface area contributed by atoms with Crippen molar-refractivity contribution in [3.8, 4) is 0 Å². The molecule has 0 aliphatic heterocycles. The van der Waals surface area contributed by atoms with Gasteiger partial charge in [-0.05, 0) is 0 Å². The van der Waals surface area contributed by atoms with Crippen molar-refractivity contribution >= 4 is 13.6 Å². The van der Waals surface area contributed by atoms with E-state index in [1.165, 1.54) is 27.8 Å². The topological polar surface area (TPSA) is 34.1 Å². The minimum Gasteiger partial charge on any atom is -0.281 e. The molecule has 0 atom stereocenters. The smallest absolute Gasteiger partial charge is 0.281 e. The Hall–Kier alpha value is -0.661. The monoisotopic (exact) mass is 220 g/mol. The van der Waals surface area contributed by atoms with Crippen molar-refractivity contribution in [1.82, 2.24) is 0 Å². The first kappa shape index (κ1) is 14.8. The summed E-state index contributed by atoms with van der Waals surface area (Å²) in [5.41, 5.74) is 1.57. The first-order valence-electron chi connectivity index (χ1n) is 3.63. The number of hydrogen-bond acceptors (Lipinski definition) is 2. The predicted octanol–water partition coefficient (Wildman–Crippen LogP) is 1.95. The number of hydrogen-bond donors (Lipinski definition) is 0. The first-order valence-corrected chi connectivity index (χ1v) is 5.29. The summed E-state index contributed by atoms with van der Waals surface area (Å²) in [6.07, 6.45) is 6.94. The standard InChI is InChI=1S/C7H9.2CO.CH3.Fe/c1-2-7-5-3-4-6-7;2*1-2;;/h3,5H,2,4H2,1H3;;;1H3;. The summed E-state index contributed by atoms with van der Waals surface area (Å²) >= 11 is 1.23. The zero-order chi connectivity index (χ0) is 10.7. The molecule has 72 valence electrons. The molecule has 0 N–H and O–H groups in total. The van der Waals surface area contributed by atoms with Gasteiger partial charge in [0.05, 0.1) is 0 Å². The van der Waals surface area contributed by atoms with Crippen molar-refractivity contribution in [2.75, 3.05) is 0 Å². The molecule has 0 aromatic carbocycles. The molecule has 0 fully saturated rings. The van der Waals surface area contributed by atoms with E-state index >= 15 is 0 Å². The van der Waals surface area contributed by atoms with Gasteiger partial charge in [0, 0.05) is 0 Å². The van der Waals surface area contributed by atoms with Gasteiger partial charge in [0.15, 0.2) is 0 Å². The Morgan fingerprint density at radius 2 is 1.92 bits per heavy atom. The second-order valence-electron chi connectivity index (χ2n) is 2.05. The van der Waals surface area contributed by atoms with Gasteiger partial charge in [-0.3, -0.25) is 9.59 Å². The summed E-state index contributed by atoms with van der Waals surface area (Å²) < 4.78 is 1.64. The van der Waals surface area contributed by atoms with Crippen molar-refractivity contribution in [2.24, 2.45) is 0 Å². The minimum atomic E-state index is 1.21. The summed E-state index contributed by atoms with van der Waals surface area (Å²) in [5, 5.41) is 0. The average molecular weight is 220 g/mol. The molecule has 0 saturated heterocycles. The zero-order valence-corrected chi connectivity index (χ0v) is 8.84. The molecule has 4 radical (unpaired) electrons. The van der Waals surface area contributed by atoms with Gasteiger partial charge in [-0.1, -0.05) is 0 Å². The molecule has 0 heterocycles. The molecule has 0 aromatic rings. The van der Waals surface area contributed by atoms with E-state index in [0.29, 0.717) is 0 Å². The first-order chi connectivity index (χ1) is 6.38. The van der Waals surface area contributed by atoms with Gasteiger partial charge in [-0.2, -0.15) is 0 Å². The van der Waals surface area contributed by atoms with E-state index in [2.05, 4.69) is 38.5 Å². The molecule has 0 unspecified atom stereocenters. The molecule has 0 aromatic heterocycles. The molecule has 0 spiro atoms. The van der Waals surface area contributed by atoms with Crippen LogP contribution in [0.1, 0.15) is 19.8 Å². The fraction of sp³-hybridized carbons (Fsp3) is 0.400. The molecular formula is C10H12FeO2. The minimum absolute atomic E-state index is 1.21. The Balaban J connectivity index is 0. The van der Waals surface area contributed by atoms with Crippen LogP contribution in [-0.2, 0) is 24.5 Å². The van der Waals surface area contributed by atoms with Crippen LogP contribution in [0.2, 0.25) is 5.82 Å². The van der Waals surface area contributed by atoms with Gasteiger partial charge in [-0.15, -0.1) is 0 Å².